The number of nitrogens with one attached hydrogen (secondary N) is 1. The molecule has 0 spiro atoms. The third-order valence-electron chi connectivity index (χ3n) is 4.37. The molecule has 3 aromatic heterocycles. The Hall–Kier alpha value is -3.48. The number of halogens is 2. The van der Waals surface area contributed by atoms with E-state index >= 15 is 0 Å². The number of anilines is 1. The molecule has 0 aliphatic heterocycles. The summed E-state index contributed by atoms with van der Waals surface area (Å²) in [5.41, 5.74) is 0.0986. The lowest BCUT2D eigenvalue weighted by Gasteiger charge is -2.06. The number of nitrogens with zero attached hydrogens (tertiary/aromatic N) is 4. The van der Waals surface area contributed by atoms with Crippen LogP contribution in [0.15, 0.2) is 6.07 Å². The Morgan fingerprint density at radius 1 is 1.15 bits per heavy atom. The number of carbonyl (C=O) groups is 3. The van der Waals surface area contributed by atoms with Crippen LogP contribution in [0.3, 0.4) is 0 Å². The number of rotatable bonds is 8. The fourth-order valence-electron chi connectivity index (χ4n) is 2.93. The van der Waals surface area contributed by atoms with Crippen molar-refractivity contribution in [1.29, 1.82) is 0 Å². The Balaban J connectivity index is 2.00. The second kappa shape index (κ2) is 9.98. The second-order valence-corrected chi connectivity index (χ2v) is 7.86. The summed E-state index contributed by atoms with van der Waals surface area (Å²) in [6, 6.07) is 1.14. The molecule has 13 heteroatoms. The lowest BCUT2D eigenvalue weighted by atomic mass is 10.1. The van der Waals surface area contributed by atoms with Crippen molar-refractivity contribution < 1.29 is 32.6 Å². The van der Waals surface area contributed by atoms with Crippen molar-refractivity contribution >= 4 is 40.0 Å². The average Bonchev–Trinajstić information content (AvgIpc) is 3.32. The van der Waals surface area contributed by atoms with Crippen molar-refractivity contribution in [2.75, 3.05) is 18.5 Å². The molecular weight excluding hydrogens is 460 g/mol. The number of aromatic nitrogens is 4. The van der Waals surface area contributed by atoms with Crippen molar-refractivity contribution in [2.24, 2.45) is 0 Å². The van der Waals surface area contributed by atoms with E-state index in [4.69, 9.17) is 9.47 Å². The Morgan fingerprint density at radius 3 is 2.52 bits per heavy atom. The van der Waals surface area contributed by atoms with Crippen LogP contribution in [0.1, 0.15) is 74.3 Å². The third kappa shape index (κ3) is 4.97. The molecule has 0 atom stereocenters. The molecule has 0 aliphatic carbocycles. The van der Waals surface area contributed by atoms with Gasteiger partial charge in [-0.1, -0.05) is 6.92 Å². The van der Waals surface area contributed by atoms with Crippen LogP contribution < -0.4 is 5.32 Å². The monoisotopic (exact) mass is 481 g/mol. The molecule has 0 unspecified atom stereocenters. The van der Waals surface area contributed by atoms with E-state index in [1.165, 1.54) is 13.8 Å². The SMILES string of the molecule is CCCOC(=O)c1c(NC(=O)c2nc3nc(C)cc(C(F)F)n3n2)sc(C(=O)OCC)c1C. The molecule has 0 saturated heterocycles. The summed E-state index contributed by atoms with van der Waals surface area (Å²) in [6.07, 6.45) is -2.29. The van der Waals surface area contributed by atoms with Gasteiger partial charge in [-0.05, 0) is 38.8 Å². The highest BCUT2D eigenvalue weighted by Crippen LogP contribution is 2.34. The topological polar surface area (TPSA) is 125 Å². The normalized spacial score (nSPS) is 11.1. The van der Waals surface area contributed by atoms with Crippen molar-refractivity contribution in [3.05, 3.63) is 39.3 Å². The molecule has 33 heavy (non-hydrogen) atoms. The number of fused-ring (bicyclic) bond motifs is 1. The Kier molecular flexibility index (Phi) is 7.31. The molecule has 176 valence electrons. The highest BCUT2D eigenvalue weighted by Gasteiger charge is 2.29. The van der Waals surface area contributed by atoms with Crippen molar-refractivity contribution in [3.8, 4) is 0 Å². The molecule has 0 aliphatic rings. The van der Waals surface area contributed by atoms with Crippen LogP contribution in [-0.4, -0.2) is 50.6 Å². The predicted molar refractivity (Wildman–Crippen MR) is 114 cm³/mol. The van der Waals surface area contributed by atoms with Gasteiger partial charge in [-0.25, -0.2) is 23.4 Å². The molecule has 3 heterocycles. The number of alkyl halides is 2. The van der Waals surface area contributed by atoms with Gasteiger partial charge in [0.2, 0.25) is 5.82 Å². The molecule has 3 aromatic rings. The molecule has 10 nitrogen and oxygen atoms in total. The number of amides is 1. The second-order valence-electron chi connectivity index (χ2n) is 6.84. The number of thiophene rings is 1. The molecule has 1 N–H and O–H groups in total. The fourth-order valence-corrected chi connectivity index (χ4v) is 4.01. The molecule has 1 amide bonds. The van der Waals surface area contributed by atoms with Gasteiger partial charge in [0.25, 0.3) is 18.1 Å². The van der Waals surface area contributed by atoms with Crippen LogP contribution in [0.5, 0.6) is 0 Å². The first-order valence-corrected chi connectivity index (χ1v) is 10.8. The summed E-state index contributed by atoms with van der Waals surface area (Å²) < 4.78 is 37.7. The lowest BCUT2D eigenvalue weighted by molar-refractivity contribution is 0.0506. The quantitative estimate of drug-likeness (QED) is 0.483. The molecule has 0 saturated carbocycles. The maximum atomic E-state index is 13.4. The smallest absolute Gasteiger partial charge is 0.348 e. The summed E-state index contributed by atoms with van der Waals surface area (Å²) in [5.74, 6) is -2.87. The van der Waals surface area contributed by atoms with E-state index in [9.17, 15) is 23.2 Å². The largest absolute Gasteiger partial charge is 0.462 e. The van der Waals surface area contributed by atoms with Gasteiger partial charge in [-0.2, -0.15) is 9.50 Å². The summed E-state index contributed by atoms with van der Waals surface area (Å²) >= 11 is 0.831. The predicted octanol–water partition coefficient (Wildman–Crippen LogP) is 3.74. The van der Waals surface area contributed by atoms with Crippen LogP contribution in [0.2, 0.25) is 0 Å². The standard InChI is InChI=1S/C20H21F2N5O5S/c1-5-7-32-18(29)12-10(4)13(19(30)31-6-2)33-17(12)25-16(28)15-24-20-23-9(3)8-11(14(21)22)27(20)26-15/h8,14H,5-7H2,1-4H3,(H,25,28). The maximum absolute atomic E-state index is 13.4. The minimum Gasteiger partial charge on any atom is -0.462 e. The van der Waals surface area contributed by atoms with E-state index in [0.717, 1.165) is 21.9 Å². The van der Waals surface area contributed by atoms with Gasteiger partial charge in [0, 0.05) is 5.69 Å². The van der Waals surface area contributed by atoms with E-state index in [1.54, 1.807) is 6.92 Å². The van der Waals surface area contributed by atoms with Gasteiger partial charge >= 0.3 is 11.9 Å². The van der Waals surface area contributed by atoms with Crippen molar-refractivity contribution in [3.63, 3.8) is 0 Å². The minimum absolute atomic E-state index is 0.00384. The van der Waals surface area contributed by atoms with E-state index in [1.807, 2.05) is 6.92 Å². The van der Waals surface area contributed by atoms with Crippen LogP contribution in [0.4, 0.5) is 13.8 Å². The van der Waals surface area contributed by atoms with E-state index < -0.39 is 35.8 Å². The van der Waals surface area contributed by atoms with Gasteiger partial charge in [0.1, 0.15) is 15.6 Å². The number of esters is 2. The molecule has 0 bridgehead atoms. The van der Waals surface area contributed by atoms with Crippen LogP contribution >= 0.6 is 11.3 Å². The van der Waals surface area contributed by atoms with Crippen molar-refractivity contribution in [2.45, 2.75) is 40.5 Å². The summed E-state index contributed by atoms with van der Waals surface area (Å²) in [6.45, 7) is 6.77. The molecule has 0 aromatic carbocycles. The Labute approximate surface area is 190 Å². The summed E-state index contributed by atoms with van der Waals surface area (Å²) in [7, 11) is 0. The van der Waals surface area contributed by atoms with E-state index in [-0.39, 0.29) is 45.7 Å². The van der Waals surface area contributed by atoms with Gasteiger partial charge in [-0.15, -0.1) is 16.4 Å². The first-order valence-electron chi connectivity index (χ1n) is 9.99. The number of ether oxygens (including phenoxy) is 2. The van der Waals surface area contributed by atoms with Gasteiger partial charge < -0.3 is 14.8 Å². The van der Waals surface area contributed by atoms with Gasteiger partial charge in [0.15, 0.2) is 0 Å². The Bertz CT molecular complexity index is 1220. The number of aryl methyl sites for hydroxylation is 1. The van der Waals surface area contributed by atoms with E-state index in [0.29, 0.717) is 6.42 Å². The van der Waals surface area contributed by atoms with Gasteiger partial charge in [0.05, 0.1) is 18.8 Å². The van der Waals surface area contributed by atoms with Crippen LogP contribution in [0, 0.1) is 13.8 Å². The van der Waals surface area contributed by atoms with E-state index in [2.05, 4.69) is 20.4 Å². The van der Waals surface area contributed by atoms with Crippen LogP contribution in [-0.2, 0) is 9.47 Å². The third-order valence-corrected chi connectivity index (χ3v) is 5.56. The molecule has 0 radical (unpaired) electrons. The maximum Gasteiger partial charge on any atom is 0.348 e. The summed E-state index contributed by atoms with van der Waals surface area (Å²) in [4.78, 5) is 45.8. The zero-order chi connectivity index (χ0) is 24.3. The molecular formula is C20H21F2N5O5S. The fraction of sp³-hybridized carbons (Fsp3) is 0.400. The highest BCUT2D eigenvalue weighted by molar-refractivity contribution is 7.18. The number of hydrogen-bond donors (Lipinski definition) is 1. The summed E-state index contributed by atoms with van der Waals surface area (Å²) in [5, 5.41) is 6.35. The lowest BCUT2D eigenvalue weighted by Crippen LogP contribution is -2.16. The number of hydrogen-bond acceptors (Lipinski definition) is 9. The minimum atomic E-state index is -2.86. The zero-order valence-electron chi connectivity index (χ0n) is 18.3. The number of carbonyl (C=O) groups excluding carboxylic acids is 3. The first kappa shape index (κ1) is 24.2. The van der Waals surface area contributed by atoms with Crippen LogP contribution in [0.25, 0.3) is 5.78 Å². The average molecular weight is 481 g/mol. The highest BCUT2D eigenvalue weighted by atomic mass is 32.1. The van der Waals surface area contributed by atoms with Gasteiger partial charge in [-0.3, -0.25) is 4.79 Å². The zero-order valence-corrected chi connectivity index (χ0v) is 19.1. The Morgan fingerprint density at radius 2 is 1.88 bits per heavy atom. The first-order chi connectivity index (χ1) is 15.7. The molecule has 0 fully saturated rings. The molecule has 3 rings (SSSR count). The van der Waals surface area contributed by atoms with Crippen molar-refractivity contribution in [1.82, 2.24) is 19.6 Å².